The monoisotopic (exact) mass is 452 g/mol. The summed E-state index contributed by atoms with van der Waals surface area (Å²) >= 11 is 0. The zero-order valence-electron chi connectivity index (χ0n) is 18.7. The summed E-state index contributed by atoms with van der Waals surface area (Å²) in [6.45, 7) is 6.98. The van der Waals surface area contributed by atoms with E-state index in [0.29, 0.717) is 0 Å². The van der Waals surface area contributed by atoms with Crippen LogP contribution < -0.4 is 0 Å². The predicted octanol–water partition coefficient (Wildman–Crippen LogP) is 6.97. The quantitative estimate of drug-likeness (QED) is 0.144. The molecule has 0 aromatic carbocycles. The van der Waals surface area contributed by atoms with Crippen LogP contribution in [0.15, 0.2) is 0 Å². The first-order chi connectivity index (χ1) is 13.1. The molecule has 0 unspecified atom stereocenters. The Morgan fingerprint density at radius 2 is 0.929 bits per heavy atom. The highest BCUT2D eigenvalue weighted by atomic mass is 31.2. The minimum atomic E-state index is -6.00. The normalized spacial score (nSPS) is 12.6. The third-order valence-electron chi connectivity index (χ3n) is 5.01. The molecule has 0 aromatic heterocycles. The van der Waals surface area contributed by atoms with Gasteiger partial charge in [-0.1, -0.05) is 40.0 Å². The summed E-state index contributed by atoms with van der Waals surface area (Å²) in [5.41, 5.74) is 0. The third kappa shape index (κ3) is 16.1. The average Bonchev–Trinajstić information content (AvgIpc) is 2.65. The van der Waals surface area contributed by atoms with Crippen LogP contribution in [-0.2, 0) is 13.3 Å². The van der Waals surface area contributed by atoms with Gasteiger partial charge in [-0.05, 0) is 25.7 Å². The first-order valence-electron chi connectivity index (χ1n) is 10.4. The molecular formula is C18H42BF4O3PSi. The number of unbranched alkanes of at least 4 members (excludes halogenated alkanes) is 3. The molecule has 0 aromatic rings. The lowest BCUT2D eigenvalue weighted by atomic mass is 10.3. The van der Waals surface area contributed by atoms with Crippen LogP contribution in [0.25, 0.3) is 0 Å². The highest BCUT2D eigenvalue weighted by molar-refractivity contribution is 7.75. The Bertz CT molecular complexity index is 326. The fourth-order valence-corrected chi connectivity index (χ4v) is 10.5. The molecule has 0 aliphatic rings. The molecule has 0 aliphatic heterocycles. The van der Waals surface area contributed by atoms with Gasteiger partial charge in [0.15, 0.2) is 0 Å². The minimum absolute atomic E-state index is 0.808. The van der Waals surface area contributed by atoms with Crippen LogP contribution in [0.3, 0.4) is 0 Å². The summed E-state index contributed by atoms with van der Waals surface area (Å²) < 4.78 is 55.8. The highest BCUT2D eigenvalue weighted by Gasteiger charge is 2.40. The molecule has 0 aliphatic carbocycles. The predicted molar refractivity (Wildman–Crippen MR) is 118 cm³/mol. The number of hydrogen-bond donors (Lipinski definition) is 0. The zero-order valence-corrected chi connectivity index (χ0v) is 20.6. The first kappa shape index (κ1) is 30.5. The summed E-state index contributed by atoms with van der Waals surface area (Å²) in [6, 6.07) is 0.961. The molecule has 0 saturated heterocycles. The van der Waals surface area contributed by atoms with E-state index in [-0.39, 0.29) is 0 Å². The van der Waals surface area contributed by atoms with E-state index in [1.165, 1.54) is 69.6 Å². The molecule has 0 N–H and O–H groups in total. The van der Waals surface area contributed by atoms with Gasteiger partial charge in [0.1, 0.15) is 0 Å². The largest absolute Gasteiger partial charge is 0.673 e. The molecule has 0 saturated carbocycles. The fraction of sp³-hybridized carbons (Fsp3) is 1.00. The standard InChI is InChI=1S/C18H42O3PSi.BF4/c1-7-10-14-22(15-11-8-2,16-12-9-3)17-13-18-23(19-4,20-5)21-6;2-1(3,4)5/h7-18H2,1-6H3;/q+1;-1. The van der Waals surface area contributed by atoms with Gasteiger partial charge < -0.3 is 30.5 Å². The molecule has 0 amide bonds. The average molecular weight is 452 g/mol. The number of rotatable bonds is 16. The van der Waals surface area contributed by atoms with Gasteiger partial charge in [-0.2, -0.15) is 0 Å². The SMILES string of the molecule is CCCC[P+](CCCC)(CCCC)CCC[Si](OC)(OC)OC.F[B-](F)(F)F. The van der Waals surface area contributed by atoms with Crippen molar-refractivity contribution in [2.24, 2.45) is 0 Å². The smallest absolute Gasteiger partial charge is 0.418 e. The van der Waals surface area contributed by atoms with Crippen LogP contribution in [0.4, 0.5) is 17.3 Å². The molecule has 0 spiro atoms. The molecule has 0 fully saturated rings. The molecule has 28 heavy (non-hydrogen) atoms. The van der Waals surface area contributed by atoms with Gasteiger partial charge in [-0.3, -0.25) is 0 Å². The summed E-state index contributed by atoms with van der Waals surface area (Å²) in [5, 5.41) is 0. The van der Waals surface area contributed by atoms with Gasteiger partial charge in [0.05, 0.1) is 24.6 Å². The van der Waals surface area contributed by atoms with Gasteiger partial charge in [0.25, 0.3) is 0 Å². The molecule has 0 heterocycles. The van der Waals surface area contributed by atoms with Crippen molar-refractivity contribution in [1.29, 1.82) is 0 Å². The molecular weight excluding hydrogens is 410 g/mol. The first-order valence-corrected chi connectivity index (χ1v) is 14.9. The second-order valence-corrected chi connectivity index (χ2v) is 14.8. The topological polar surface area (TPSA) is 27.7 Å². The summed E-state index contributed by atoms with van der Waals surface area (Å²) in [4.78, 5) is 0. The minimum Gasteiger partial charge on any atom is -0.418 e. The summed E-state index contributed by atoms with van der Waals surface area (Å²) in [7, 11) is -4.01. The van der Waals surface area contributed by atoms with Crippen molar-refractivity contribution >= 4 is 23.3 Å². The Kier molecular flexibility index (Phi) is 18.6. The zero-order chi connectivity index (χ0) is 22.1. The van der Waals surface area contributed by atoms with Gasteiger partial charge in [0, 0.05) is 34.6 Å². The van der Waals surface area contributed by atoms with Crippen molar-refractivity contribution in [3.63, 3.8) is 0 Å². The van der Waals surface area contributed by atoms with E-state index in [2.05, 4.69) is 20.8 Å². The summed E-state index contributed by atoms with van der Waals surface area (Å²) in [5.74, 6) is 0. The lowest BCUT2D eigenvalue weighted by Gasteiger charge is -2.30. The van der Waals surface area contributed by atoms with E-state index in [1.807, 2.05) is 0 Å². The van der Waals surface area contributed by atoms with Crippen molar-refractivity contribution < 1.29 is 30.5 Å². The molecule has 0 rings (SSSR count). The molecule has 0 atom stereocenters. The van der Waals surface area contributed by atoms with E-state index >= 15 is 0 Å². The molecule has 0 bridgehead atoms. The van der Waals surface area contributed by atoms with Gasteiger partial charge >= 0.3 is 16.1 Å². The third-order valence-corrected chi connectivity index (χ3v) is 12.9. The maximum absolute atomic E-state index is 9.75. The molecule has 172 valence electrons. The van der Waals surface area contributed by atoms with Crippen LogP contribution in [0.2, 0.25) is 6.04 Å². The Balaban J connectivity index is 0. The van der Waals surface area contributed by atoms with Crippen molar-refractivity contribution in [1.82, 2.24) is 0 Å². The van der Waals surface area contributed by atoms with Gasteiger partial charge in [0.2, 0.25) is 0 Å². The van der Waals surface area contributed by atoms with E-state index in [1.54, 1.807) is 21.3 Å². The number of halogens is 4. The van der Waals surface area contributed by atoms with Crippen LogP contribution in [0, 0.1) is 0 Å². The Hall–Kier alpha value is 0.312. The van der Waals surface area contributed by atoms with Crippen molar-refractivity contribution in [2.75, 3.05) is 46.0 Å². The summed E-state index contributed by atoms with van der Waals surface area (Å²) in [6.07, 6.45) is 15.3. The van der Waals surface area contributed by atoms with Crippen molar-refractivity contribution in [3.8, 4) is 0 Å². The molecule has 10 heteroatoms. The van der Waals surface area contributed by atoms with Crippen LogP contribution >= 0.6 is 7.26 Å². The second-order valence-electron chi connectivity index (χ2n) is 7.19. The van der Waals surface area contributed by atoms with Crippen LogP contribution in [0.5, 0.6) is 0 Å². The molecule has 3 nitrogen and oxygen atoms in total. The Labute approximate surface area is 172 Å². The lowest BCUT2D eigenvalue weighted by Crippen LogP contribution is -2.42. The van der Waals surface area contributed by atoms with E-state index in [0.717, 1.165) is 6.04 Å². The van der Waals surface area contributed by atoms with Gasteiger partial charge in [-0.25, -0.2) is 0 Å². The fourth-order valence-electron chi connectivity index (χ4n) is 3.34. The van der Waals surface area contributed by atoms with E-state index in [9.17, 15) is 17.3 Å². The van der Waals surface area contributed by atoms with Crippen LogP contribution in [-0.4, -0.2) is 62.0 Å². The highest BCUT2D eigenvalue weighted by Crippen LogP contribution is 2.61. The van der Waals surface area contributed by atoms with Crippen molar-refractivity contribution in [3.05, 3.63) is 0 Å². The van der Waals surface area contributed by atoms with Crippen molar-refractivity contribution in [2.45, 2.75) is 71.8 Å². The van der Waals surface area contributed by atoms with E-state index in [4.69, 9.17) is 13.3 Å². The Morgan fingerprint density at radius 3 is 1.18 bits per heavy atom. The maximum atomic E-state index is 9.75. The van der Waals surface area contributed by atoms with Crippen LogP contribution in [0.1, 0.15) is 65.7 Å². The molecule has 0 radical (unpaired) electrons. The maximum Gasteiger partial charge on any atom is 0.673 e. The number of hydrogen-bond acceptors (Lipinski definition) is 3. The van der Waals surface area contributed by atoms with E-state index < -0.39 is 23.3 Å². The second kappa shape index (κ2) is 17.0. The van der Waals surface area contributed by atoms with Gasteiger partial charge in [-0.15, -0.1) is 0 Å². The Morgan fingerprint density at radius 1 is 0.643 bits per heavy atom. The lowest BCUT2D eigenvalue weighted by molar-refractivity contribution is 0.123.